The van der Waals surface area contributed by atoms with E-state index < -0.39 is 18.0 Å². The highest BCUT2D eigenvalue weighted by Crippen LogP contribution is 2.40. The van der Waals surface area contributed by atoms with Crippen molar-refractivity contribution >= 4 is 11.6 Å². The van der Waals surface area contributed by atoms with Crippen molar-refractivity contribution in [2.75, 3.05) is 20.8 Å². The van der Waals surface area contributed by atoms with Crippen molar-refractivity contribution in [1.82, 2.24) is 0 Å². The highest BCUT2D eigenvalue weighted by atomic mass is 35.5. The lowest BCUT2D eigenvalue weighted by molar-refractivity contribution is -0.298. The van der Waals surface area contributed by atoms with E-state index in [1.165, 1.54) is 19.2 Å². The van der Waals surface area contributed by atoms with Crippen LogP contribution in [0.1, 0.15) is 43.4 Å². The fraction of sp³-hybridized carbons (Fsp3) is 0.440. The maximum atomic E-state index is 12.2. The molecule has 0 saturated carbocycles. The molecule has 1 saturated heterocycles. The third kappa shape index (κ3) is 8.59. The van der Waals surface area contributed by atoms with Gasteiger partial charge in [0.2, 0.25) is 0 Å². The molecule has 0 amide bonds. The average Bonchev–Trinajstić information content (AvgIpc) is 2.88. The van der Waals surface area contributed by atoms with Gasteiger partial charge in [-0.05, 0) is 41.8 Å². The van der Waals surface area contributed by atoms with Gasteiger partial charge < -0.3 is 24.8 Å². The molecule has 0 aliphatic carbocycles. The Labute approximate surface area is 200 Å². The normalized spacial score (nSPS) is 21.2. The summed E-state index contributed by atoms with van der Waals surface area (Å²) < 4.78 is 23.8. The van der Waals surface area contributed by atoms with E-state index in [0.717, 1.165) is 18.2 Å². The second-order valence-corrected chi connectivity index (χ2v) is 7.08. The first-order valence-corrected chi connectivity index (χ1v) is 10.8. The predicted molar refractivity (Wildman–Crippen MR) is 128 cm³/mol. The number of benzene rings is 2. The van der Waals surface area contributed by atoms with E-state index in [1.807, 2.05) is 19.9 Å². The Morgan fingerprint density at radius 1 is 1.15 bits per heavy atom. The van der Waals surface area contributed by atoms with Crippen LogP contribution in [-0.4, -0.2) is 48.4 Å². The largest absolute Gasteiger partial charge is 0.400 e. The molecule has 0 spiro atoms. The monoisotopic (exact) mass is 484 g/mol. The van der Waals surface area contributed by atoms with Crippen LogP contribution in [0, 0.1) is 12.8 Å². The van der Waals surface area contributed by atoms with E-state index in [4.69, 9.17) is 26.2 Å². The lowest BCUT2D eigenvalue weighted by Crippen LogP contribution is -2.46. The summed E-state index contributed by atoms with van der Waals surface area (Å²) in [4.78, 5) is 3.70. The van der Waals surface area contributed by atoms with Crippen molar-refractivity contribution in [1.29, 1.82) is 0 Å². The molecule has 2 aromatic rings. The Bertz CT molecular complexity index is 814. The Balaban J connectivity index is 0.00000158. The zero-order valence-corrected chi connectivity index (χ0v) is 20.3. The fourth-order valence-electron chi connectivity index (χ4n) is 3.44. The second kappa shape index (κ2) is 16.4. The van der Waals surface area contributed by atoms with Gasteiger partial charge in [-0.1, -0.05) is 43.6 Å². The topological polar surface area (TPSA) is 88.4 Å². The van der Waals surface area contributed by atoms with Crippen LogP contribution >= 0.6 is 11.6 Å². The van der Waals surface area contributed by atoms with Gasteiger partial charge in [0.05, 0.1) is 18.8 Å². The Morgan fingerprint density at radius 2 is 1.76 bits per heavy atom. The minimum Gasteiger partial charge on any atom is -0.400 e. The van der Waals surface area contributed by atoms with Crippen molar-refractivity contribution in [3.8, 4) is 18.6 Å². The van der Waals surface area contributed by atoms with Crippen LogP contribution in [-0.2, 0) is 21.7 Å². The molecule has 1 aliphatic heterocycles. The Kier molecular flexibility index (Phi) is 15.3. The quantitative estimate of drug-likeness (QED) is 0.526. The molecule has 1 fully saturated rings. The molecule has 0 bridgehead atoms. The Morgan fingerprint density at radius 3 is 2.27 bits per heavy atom. The average molecular weight is 485 g/mol. The van der Waals surface area contributed by atoms with Crippen LogP contribution < -0.4 is 4.94 Å². The minimum absolute atomic E-state index is 0.136. The van der Waals surface area contributed by atoms with Gasteiger partial charge in [-0.2, -0.15) is 0 Å². The summed E-state index contributed by atoms with van der Waals surface area (Å²) in [6.45, 7) is 3.80. The summed E-state index contributed by atoms with van der Waals surface area (Å²) >= 11 is 6.36. The highest BCUT2D eigenvalue weighted by Gasteiger charge is 2.43. The molecular weight excluding hydrogens is 451 g/mol. The SMILES string of the molecule is C#C.CC.CO.COC1(c2ccc(Cl)c(Cc3ccc(OF)cc3)c2)C[C@@H](O)C[C@@H](CO)O1. The van der Waals surface area contributed by atoms with E-state index in [2.05, 4.69) is 17.8 Å². The van der Waals surface area contributed by atoms with Gasteiger partial charge in [0.1, 0.15) is 0 Å². The van der Waals surface area contributed by atoms with Gasteiger partial charge >= 0.3 is 0 Å². The van der Waals surface area contributed by atoms with Crippen LogP contribution in [0.4, 0.5) is 4.53 Å². The summed E-state index contributed by atoms with van der Waals surface area (Å²) in [6.07, 6.45) is 7.96. The predicted octanol–water partition coefficient (Wildman–Crippen LogP) is 4.41. The van der Waals surface area contributed by atoms with Crippen molar-refractivity contribution in [3.63, 3.8) is 0 Å². The lowest BCUT2D eigenvalue weighted by atomic mass is 9.91. The first kappa shape index (κ1) is 30.8. The van der Waals surface area contributed by atoms with Gasteiger partial charge in [0.15, 0.2) is 11.5 Å². The van der Waals surface area contributed by atoms with Crippen molar-refractivity contribution < 1.29 is 34.3 Å². The number of halogens is 2. The number of rotatable bonds is 6. The summed E-state index contributed by atoms with van der Waals surface area (Å²) in [6, 6.07) is 12.0. The van der Waals surface area contributed by atoms with Crippen LogP contribution in [0.5, 0.6) is 5.75 Å². The zero-order valence-electron chi connectivity index (χ0n) is 19.5. The number of methoxy groups -OCH3 is 1. The lowest BCUT2D eigenvalue weighted by Gasteiger charge is -2.42. The number of hydrogen-bond donors (Lipinski definition) is 3. The van der Waals surface area contributed by atoms with Crippen LogP contribution in [0.3, 0.4) is 0 Å². The Hall–Kier alpha value is -2.18. The molecular formula is C25H34ClFO6. The van der Waals surface area contributed by atoms with Gasteiger partial charge in [0.25, 0.3) is 0 Å². The number of hydrogen-bond acceptors (Lipinski definition) is 6. The van der Waals surface area contributed by atoms with E-state index >= 15 is 0 Å². The maximum Gasteiger partial charge on any atom is 0.197 e. The molecule has 3 atom stereocenters. The molecule has 1 heterocycles. The highest BCUT2D eigenvalue weighted by molar-refractivity contribution is 6.31. The van der Waals surface area contributed by atoms with E-state index in [-0.39, 0.29) is 18.8 Å². The van der Waals surface area contributed by atoms with E-state index in [9.17, 15) is 14.7 Å². The molecule has 1 aliphatic rings. The second-order valence-electron chi connectivity index (χ2n) is 6.68. The third-order valence-electron chi connectivity index (χ3n) is 4.82. The molecule has 3 N–H and O–H groups in total. The van der Waals surface area contributed by atoms with Gasteiger partial charge in [-0.15, -0.1) is 12.8 Å². The molecule has 184 valence electrons. The molecule has 8 heteroatoms. The third-order valence-corrected chi connectivity index (χ3v) is 5.19. The first-order valence-electron chi connectivity index (χ1n) is 10.5. The number of terminal acetylenes is 1. The summed E-state index contributed by atoms with van der Waals surface area (Å²) in [5.41, 5.74) is 2.48. The standard InChI is InChI=1S/C20H22ClFO5.C2H6.C2H2.CH4O/c1-25-20(11-16(24)10-18(12-23)26-20)15-4-7-19(21)14(9-15)8-13-2-5-17(27-22)6-3-13;3*1-2/h2-7,9,16,18,23-24H,8,10-12H2,1H3;1-2H3;1-2H;2H,1H3/t16-,18-,20?;;;/m0.../s1. The minimum atomic E-state index is -1.16. The van der Waals surface area contributed by atoms with Crippen molar-refractivity contribution in [3.05, 3.63) is 64.2 Å². The number of aliphatic hydroxyl groups is 3. The maximum absolute atomic E-state index is 12.2. The van der Waals surface area contributed by atoms with E-state index in [0.29, 0.717) is 23.4 Å². The summed E-state index contributed by atoms with van der Waals surface area (Å²) in [5, 5.41) is 27.3. The van der Waals surface area contributed by atoms with Crippen LogP contribution in [0.15, 0.2) is 42.5 Å². The van der Waals surface area contributed by atoms with Gasteiger partial charge in [0, 0.05) is 42.2 Å². The van der Waals surface area contributed by atoms with Gasteiger partial charge in [-0.25, -0.2) is 0 Å². The molecule has 6 nitrogen and oxygen atoms in total. The molecule has 2 aromatic carbocycles. The number of aliphatic hydroxyl groups excluding tert-OH is 3. The smallest absolute Gasteiger partial charge is 0.197 e. The molecule has 3 rings (SSSR count). The number of ether oxygens (including phenoxy) is 2. The van der Waals surface area contributed by atoms with Gasteiger partial charge in [-0.3, -0.25) is 4.94 Å². The first-order chi connectivity index (χ1) is 16.0. The zero-order chi connectivity index (χ0) is 25.4. The van der Waals surface area contributed by atoms with Crippen LogP contribution in [0.2, 0.25) is 5.02 Å². The summed E-state index contributed by atoms with van der Waals surface area (Å²) in [5.74, 6) is -1.02. The molecule has 1 unspecified atom stereocenters. The molecule has 33 heavy (non-hydrogen) atoms. The fourth-order valence-corrected chi connectivity index (χ4v) is 3.62. The molecule has 0 radical (unpaired) electrons. The van der Waals surface area contributed by atoms with E-state index in [1.54, 1.807) is 24.3 Å². The summed E-state index contributed by atoms with van der Waals surface area (Å²) in [7, 11) is 2.51. The van der Waals surface area contributed by atoms with Crippen molar-refractivity contribution in [2.24, 2.45) is 0 Å². The van der Waals surface area contributed by atoms with Crippen LogP contribution in [0.25, 0.3) is 0 Å². The van der Waals surface area contributed by atoms with Crippen molar-refractivity contribution in [2.45, 2.75) is 51.1 Å². The molecule has 0 aromatic heterocycles.